The first-order valence-electron chi connectivity index (χ1n) is 6.15. The van der Waals surface area contributed by atoms with Crippen LogP contribution in [-0.4, -0.2) is 35.4 Å². The number of hydrogen-bond acceptors (Lipinski definition) is 4. The minimum atomic E-state index is 0.219. The number of aromatic nitrogens is 1. The molecule has 4 nitrogen and oxygen atoms in total. The zero-order valence-electron chi connectivity index (χ0n) is 10.2. The Morgan fingerprint density at radius 1 is 1.47 bits per heavy atom. The normalized spacial score (nSPS) is 16.2. The third-order valence-corrected chi connectivity index (χ3v) is 3.78. The van der Waals surface area contributed by atoms with Gasteiger partial charge in [-0.15, -0.1) is 11.3 Å². The van der Waals surface area contributed by atoms with E-state index in [2.05, 4.69) is 10.3 Å². The lowest BCUT2D eigenvalue weighted by molar-refractivity contribution is -0.131. The molecule has 1 fully saturated rings. The van der Waals surface area contributed by atoms with Crippen LogP contribution in [0.15, 0.2) is 5.38 Å². The average molecular weight is 253 g/mol. The van der Waals surface area contributed by atoms with Gasteiger partial charge in [0, 0.05) is 25.0 Å². The zero-order valence-corrected chi connectivity index (χ0v) is 11.1. The lowest BCUT2D eigenvalue weighted by Gasteiger charge is -2.26. The summed E-state index contributed by atoms with van der Waals surface area (Å²) < 4.78 is 0. The molecule has 0 atom stereocenters. The zero-order chi connectivity index (χ0) is 12.1. The number of carbonyl (C=O) groups excluding carboxylic acids is 1. The predicted octanol–water partition coefficient (Wildman–Crippen LogP) is 1.55. The first kappa shape index (κ1) is 12.5. The molecule has 0 unspecified atom stereocenters. The largest absolute Gasteiger partial charge is 0.342 e. The number of hydrogen-bond donors (Lipinski definition) is 1. The molecule has 2 rings (SSSR count). The van der Waals surface area contributed by atoms with Crippen molar-refractivity contribution in [3.8, 4) is 0 Å². The van der Waals surface area contributed by atoms with Crippen molar-refractivity contribution < 1.29 is 4.79 Å². The van der Waals surface area contributed by atoms with Crippen LogP contribution < -0.4 is 5.32 Å². The summed E-state index contributed by atoms with van der Waals surface area (Å²) in [4.78, 5) is 18.2. The number of thiazole rings is 1. The molecule has 1 saturated heterocycles. The smallest absolute Gasteiger partial charge is 0.236 e. The van der Waals surface area contributed by atoms with Crippen molar-refractivity contribution >= 4 is 17.2 Å². The number of amides is 1. The van der Waals surface area contributed by atoms with Crippen LogP contribution in [0.5, 0.6) is 0 Å². The van der Waals surface area contributed by atoms with Crippen LogP contribution in [0.1, 0.15) is 30.0 Å². The number of rotatable bonds is 4. The molecule has 1 aliphatic heterocycles. The fourth-order valence-corrected chi connectivity index (χ4v) is 2.65. The second-order valence-electron chi connectivity index (χ2n) is 4.40. The van der Waals surface area contributed by atoms with Gasteiger partial charge in [-0.05, 0) is 26.2 Å². The molecule has 0 aromatic carbocycles. The van der Waals surface area contributed by atoms with Gasteiger partial charge in [0.15, 0.2) is 0 Å². The Hall–Kier alpha value is -0.940. The van der Waals surface area contributed by atoms with Gasteiger partial charge < -0.3 is 10.2 Å². The van der Waals surface area contributed by atoms with Crippen LogP contribution >= 0.6 is 11.3 Å². The van der Waals surface area contributed by atoms with Crippen molar-refractivity contribution in [3.63, 3.8) is 0 Å². The molecule has 0 bridgehead atoms. The third-order valence-electron chi connectivity index (χ3n) is 2.96. The molecule has 0 aliphatic carbocycles. The Morgan fingerprint density at radius 3 is 2.88 bits per heavy atom. The van der Waals surface area contributed by atoms with Crippen molar-refractivity contribution in [1.29, 1.82) is 0 Å². The quantitative estimate of drug-likeness (QED) is 0.885. The fourth-order valence-electron chi connectivity index (χ4n) is 2.04. The van der Waals surface area contributed by atoms with Crippen LogP contribution in [0.2, 0.25) is 0 Å². The Kier molecular flexibility index (Phi) is 4.50. The van der Waals surface area contributed by atoms with Gasteiger partial charge in [-0.2, -0.15) is 0 Å². The van der Waals surface area contributed by atoms with E-state index in [-0.39, 0.29) is 5.91 Å². The molecule has 1 N–H and O–H groups in total. The second kappa shape index (κ2) is 6.12. The lowest BCUT2D eigenvalue weighted by atomic mass is 10.1. The van der Waals surface area contributed by atoms with Crippen molar-refractivity contribution in [2.45, 2.75) is 32.7 Å². The first-order valence-corrected chi connectivity index (χ1v) is 7.03. The summed E-state index contributed by atoms with van der Waals surface area (Å²) in [5.41, 5.74) is 1.03. The summed E-state index contributed by atoms with van der Waals surface area (Å²) in [6, 6.07) is 0. The van der Waals surface area contributed by atoms with Gasteiger partial charge >= 0.3 is 0 Å². The van der Waals surface area contributed by atoms with Gasteiger partial charge in [-0.3, -0.25) is 4.79 Å². The Bertz CT molecular complexity index is 372. The Balaban J connectivity index is 1.69. The minimum absolute atomic E-state index is 0.219. The molecule has 5 heteroatoms. The Labute approximate surface area is 106 Å². The van der Waals surface area contributed by atoms with E-state index in [0.717, 1.165) is 36.6 Å². The number of aryl methyl sites for hydroxylation is 1. The molecule has 0 radical (unpaired) electrons. The van der Waals surface area contributed by atoms with Crippen molar-refractivity contribution in [2.24, 2.45) is 0 Å². The third kappa shape index (κ3) is 3.78. The van der Waals surface area contributed by atoms with Crippen LogP contribution in [0.25, 0.3) is 0 Å². The molecular formula is C12H19N3OS. The standard InChI is InChI=1S/C12H19N3OS/c1-10-14-11(9-17-10)7-13-8-12(16)15-5-3-2-4-6-15/h9,13H,2-8H2,1H3. The van der Waals surface area contributed by atoms with E-state index < -0.39 is 0 Å². The number of piperidine rings is 1. The molecular weight excluding hydrogens is 234 g/mol. The van der Waals surface area contributed by atoms with Gasteiger partial charge in [0.1, 0.15) is 0 Å². The fraction of sp³-hybridized carbons (Fsp3) is 0.667. The summed E-state index contributed by atoms with van der Waals surface area (Å²) in [6.45, 7) is 4.96. The van der Waals surface area contributed by atoms with E-state index >= 15 is 0 Å². The topological polar surface area (TPSA) is 45.2 Å². The SMILES string of the molecule is Cc1nc(CNCC(=O)N2CCCCC2)cs1. The second-order valence-corrected chi connectivity index (χ2v) is 5.47. The molecule has 94 valence electrons. The van der Waals surface area contributed by atoms with Crippen LogP contribution in [0.3, 0.4) is 0 Å². The monoisotopic (exact) mass is 253 g/mol. The molecule has 0 spiro atoms. The molecule has 0 saturated carbocycles. The highest BCUT2D eigenvalue weighted by molar-refractivity contribution is 7.09. The minimum Gasteiger partial charge on any atom is -0.342 e. The molecule has 1 aromatic rings. The van der Waals surface area contributed by atoms with Gasteiger partial charge in [0.05, 0.1) is 17.2 Å². The number of carbonyl (C=O) groups is 1. The van der Waals surface area contributed by atoms with Crippen molar-refractivity contribution in [1.82, 2.24) is 15.2 Å². The highest BCUT2D eigenvalue weighted by Gasteiger charge is 2.15. The molecule has 17 heavy (non-hydrogen) atoms. The molecule has 1 aromatic heterocycles. The summed E-state index contributed by atoms with van der Waals surface area (Å²) in [6.07, 6.45) is 3.56. The van der Waals surface area contributed by atoms with E-state index in [9.17, 15) is 4.79 Å². The number of nitrogens with zero attached hydrogens (tertiary/aromatic N) is 2. The maximum absolute atomic E-state index is 11.8. The van der Waals surface area contributed by atoms with E-state index in [1.54, 1.807) is 11.3 Å². The van der Waals surface area contributed by atoms with Crippen molar-refractivity contribution in [2.75, 3.05) is 19.6 Å². The van der Waals surface area contributed by atoms with Gasteiger partial charge in [0.2, 0.25) is 5.91 Å². The predicted molar refractivity (Wildman–Crippen MR) is 69.0 cm³/mol. The van der Waals surface area contributed by atoms with E-state index in [4.69, 9.17) is 0 Å². The Morgan fingerprint density at radius 2 is 2.24 bits per heavy atom. The molecule has 1 aliphatic rings. The van der Waals surface area contributed by atoms with Crippen LogP contribution in [0, 0.1) is 6.92 Å². The van der Waals surface area contributed by atoms with Crippen LogP contribution in [0.4, 0.5) is 0 Å². The summed E-state index contributed by atoms with van der Waals surface area (Å²) >= 11 is 1.64. The summed E-state index contributed by atoms with van der Waals surface area (Å²) in [5.74, 6) is 0.219. The lowest BCUT2D eigenvalue weighted by Crippen LogP contribution is -2.40. The number of likely N-dealkylation sites (tertiary alicyclic amines) is 1. The molecule has 1 amide bonds. The highest BCUT2D eigenvalue weighted by Crippen LogP contribution is 2.09. The molecule has 2 heterocycles. The maximum Gasteiger partial charge on any atom is 0.236 e. The summed E-state index contributed by atoms with van der Waals surface area (Å²) in [7, 11) is 0. The van der Waals surface area contributed by atoms with Gasteiger partial charge in [-0.1, -0.05) is 0 Å². The van der Waals surface area contributed by atoms with E-state index in [1.165, 1.54) is 6.42 Å². The first-order chi connectivity index (χ1) is 8.25. The average Bonchev–Trinajstić information content (AvgIpc) is 2.76. The summed E-state index contributed by atoms with van der Waals surface area (Å²) in [5, 5.41) is 6.27. The van der Waals surface area contributed by atoms with Gasteiger partial charge in [-0.25, -0.2) is 4.98 Å². The van der Waals surface area contributed by atoms with Crippen LogP contribution in [-0.2, 0) is 11.3 Å². The number of nitrogens with one attached hydrogen (secondary N) is 1. The highest BCUT2D eigenvalue weighted by atomic mass is 32.1. The van der Waals surface area contributed by atoms with Crippen molar-refractivity contribution in [3.05, 3.63) is 16.1 Å². The van der Waals surface area contributed by atoms with Gasteiger partial charge in [0.25, 0.3) is 0 Å². The van der Waals surface area contributed by atoms with E-state index in [0.29, 0.717) is 13.1 Å². The maximum atomic E-state index is 11.8. The van der Waals surface area contributed by atoms with E-state index in [1.807, 2.05) is 17.2 Å².